The van der Waals surface area contributed by atoms with Crippen LogP contribution >= 0.6 is 11.8 Å². The van der Waals surface area contributed by atoms with Crippen molar-refractivity contribution in [1.29, 1.82) is 0 Å². The predicted molar refractivity (Wildman–Crippen MR) is 87.6 cm³/mol. The van der Waals surface area contributed by atoms with Crippen molar-refractivity contribution in [2.24, 2.45) is 0 Å². The van der Waals surface area contributed by atoms with Crippen molar-refractivity contribution in [3.05, 3.63) is 72.9 Å². The minimum atomic E-state index is 0.162. The molecule has 2 N–H and O–H groups in total. The number of allylic oxidation sites excluding steroid dienone is 5. The van der Waals surface area contributed by atoms with Crippen LogP contribution in [0.4, 0.5) is 0 Å². The van der Waals surface area contributed by atoms with Crippen LogP contribution in [0, 0.1) is 0 Å². The standard InChI is InChI=1S/C16H22N2S/c1-6-8-9-14(7-2)16-18-17-15(19-16)13(5)11-10-12(3)4/h6-11,15-18H,2-3,5H2,1,4H3/b8-6+,11-10-,14-9+. The molecule has 0 bridgehead atoms. The molecule has 0 spiro atoms. The molecule has 1 fully saturated rings. The summed E-state index contributed by atoms with van der Waals surface area (Å²) in [5, 5.41) is 0.350. The van der Waals surface area contributed by atoms with E-state index in [0.717, 1.165) is 16.7 Å². The Labute approximate surface area is 120 Å². The summed E-state index contributed by atoms with van der Waals surface area (Å²) in [4.78, 5) is 0. The van der Waals surface area contributed by atoms with E-state index in [4.69, 9.17) is 0 Å². The van der Waals surface area contributed by atoms with Gasteiger partial charge in [-0.2, -0.15) is 0 Å². The summed E-state index contributed by atoms with van der Waals surface area (Å²) in [5.41, 5.74) is 9.69. The van der Waals surface area contributed by atoms with Gasteiger partial charge in [0.2, 0.25) is 0 Å². The zero-order valence-electron chi connectivity index (χ0n) is 11.6. The van der Waals surface area contributed by atoms with Gasteiger partial charge in [0.05, 0.1) is 10.7 Å². The van der Waals surface area contributed by atoms with Crippen LogP contribution in [0.1, 0.15) is 13.8 Å². The third-order valence-corrected chi connectivity index (χ3v) is 3.91. The fraction of sp³-hybridized carbons (Fsp3) is 0.250. The highest BCUT2D eigenvalue weighted by Gasteiger charge is 2.26. The number of hydrogen-bond donors (Lipinski definition) is 2. The smallest absolute Gasteiger partial charge is 0.0936 e. The van der Waals surface area contributed by atoms with Gasteiger partial charge in [-0.25, -0.2) is 10.9 Å². The van der Waals surface area contributed by atoms with E-state index < -0.39 is 0 Å². The topological polar surface area (TPSA) is 24.1 Å². The molecule has 102 valence electrons. The molecule has 2 nitrogen and oxygen atoms in total. The molecule has 2 atom stereocenters. The molecule has 0 aromatic carbocycles. The Morgan fingerprint density at radius 1 is 1.16 bits per heavy atom. The lowest BCUT2D eigenvalue weighted by Crippen LogP contribution is -2.34. The van der Waals surface area contributed by atoms with Gasteiger partial charge in [0, 0.05) is 0 Å². The van der Waals surface area contributed by atoms with Gasteiger partial charge >= 0.3 is 0 Å². The van der Waals surface area contributed by atoms with Gasteiger partial charge in [-0.3, -0.25) is 0 Å². The van der Waals surface area contributed by atoms with E-state index in [1.807, 2.05) is 44.2 Å². The van der Waals surface area contributed by atoms with Crippen molar-refractivity contribution in [2.45, 2.75) is 24.6 Å². The van der Waals surface area contributed by atoms with Crippen LogP contribution in [0.3, 0.4) is 0 Å². The number of thioether (sulfide) groups is 1. The molecule has 0 amide bonds. The van der Waals surface area contributed by atoms with Gasteiger partial charge in [0.15, 0.2) is 0 Å². The maximum atomic E-state index is 4.08. The normalized spacial score (nSPS) is 24.2. The van der Waals surface area contributed by atoms with Crippen molar-refractivity contribution in [3.8, 4) is 0 Å². The SMILES string of the molecule is C=C/C(=C\C=C\C)C1NNC(C(=C)/C=C\C(=C)C)S1. The summed E-state index contributed by atoms with van der Waals surface area (Å²) in [6.07, 6.45) is 11.9. The van der Waals surface area contributed by atoms with Gasteiger partial charge in [-0.1, -0.05) is 61.8 Å². The molecule has 0 aliphatic carbocycles. The van der Waals surface area contributed by atoms with Crippen LogP contribution in [0.2, 0.25) is 0 Å². The molecule has 19 heavy (non-hydrogen) atoms. The summed E-state index contributed by atoms with van der Waals surface area (Å²) < 4.78 is 0. The Morgan fingerprint density at radius 2 is 1.84 bits per heavy atom. The first-order valence-electron chi connectivity index (χ1n) is 6.22. The summed E-state index contributed by atoms with van der Waals surface area (Å²) in [5.74, 6) is 0. The number of hydrogen-bond acceptors (Lipinski definition) is 3. The quantitative estimate of drug-likeness (QED) is 0.719. The molecular weight excluding hydrogens is 252 g/mol. The molecule has 3 heteroatoms. The maximum Gasteiger partial charge on any atom is 0.0936 e. The fourth-order valence-corrected chi connectivity index (χ4v) is 2.63. The Balaban J connectivity index is 2.65. The summed E-state index contributed by atoms with van der Waals surface area (Å²) in [6, 6.07) is 0. The number of hydrazine groups is 1. The van der Waals surface area contributed by atoms with Crippen molar-refractivity contribution < 1.29 is 0 Å². The monoisotopic (exact) mass is 274 g/mol. The lowest BCUT2D eigenvalue weighted by molar-refractivity contribution is 0.592. The van der Waals surface area contributed by atoms with Crippen molar-refractivity contribution >= 4 is 11.8 Å². The van der Waals surface area contributed by atoms with E-state index in [2.05, 4.69) is 36.7 Å². The fourth-order valence-electron chi connectivity index (χ4n) is 1.50. The zero-order valence-corrected chi connectivity index (χ0v) is 12.5. The highest BCUT2D eigenvalue weighted by atomic mass is 32.2. The second-order valence-electron chi connectivity index (χ2n) is 4.34. The second-order valence-corrected chi connectivity index (χ2v) is 5.55. The van der Waals surface area contributed by atoms with Gasteiger partial charge in [-0.15, -0.1) is 11.8 Å². The molecule has 1 aliphatic rings. The van der Waals surface area contributed by atoms with Crippen molar-refractivity contribution in [2.75, 3.05) is 0 Å². The minimum Gasteiger partial charge on any atom is -0.239 e. The molecule has 1 aliphatic heterocycles. The van der Waals surface area contributed by atoms with Gasteiger partial charge in [0.25, 0.3) is 0 Å². The lowest BCUT2D eigenvalue weighted by Gasteiger charge is -2.10. The molecule has 0 saturated carbocycles. The third kappa shape index (κ3) is 5.07. The molecule has 0 radical (unpaired) electrons. The Morgan fingerprint density at radius 3 is 2.42 bits per heavy atom. The molecule has 2 unspecified atom stereocenters. The summed E-state index contributed by atoms with van der Waals surface area (Å²) in [6.45, 7) is 15.7. The van der Waals surface area contributed by atoms with E-state index in [1.54, 1.807) is 11.8 Å². The Kier molecular flexibility index (Phi) is 6.64. The van der Waals surface area contributed by atoms with Crippen molar-refractivity contribution in [1.82, 2.24) is 10.9 Å². The number of nitrogens with one attached hydrogen (secondary N) is 2. The van der Waals surface area contributed by atoms with Crippen LogP contribution in [0.15, 0.2) is 72.9 Å². The van der Waals surface area contributed by atoms with Crippen molar-refractivity contribution in [3.63, 3.8) is 0 Å². The van der Waals surface area contributed by atoms with E-state index >= 15 is 0 Å². The Hall–Kier alpha value is -1.29. The summed E-state index contributed by atoms with van der Waals surface area (Å²) in [7, 11) is 0. The van der Waals surface area contributed by atoms with Crippen LogP contribution in [0.25, 0.3) is 0 Å². The number of rotatable bonds is 6. The Bertz CT molecular complexity index is 444. The highest BCUT2D eigenvalue weighted by Crippen LogP contribution is 2.29. The maximum absolute atomic E-state index is 4.08. The van der Waals surface area contributed by atoms with E-state index in [0.29, 0.717) is 0 Å². The molecule has 1 heterocycles. The molecule has 1 rings (SSSR count). The van der Waals surface area contributed by atoms with Crippen LogP contribution in [-0.4, -0.2) is 10.7 Å². The first-order chi connectivity index (χ1) is 9.08. The predicted octanol–water partition coefficient (Wildman–Crippen LogP) is 3.86. The highest BCUT2D eigenvalue weighted by molar-refractivity contribution is 8.01. The average Bonchev–Trinajstić information content (AvgIpc) is 2.86. The van der Waals surface area contributed by atoms with Gasteiger partial charge < -0.3 is 0 Å². The average molecular weight is 274 g/mol. The van der Waals surface area contributed by atoms with E-state index in [-0.39, 0.29) is 10.7 Å². The first-order valence-corrected chi connectivity index (χ1v) is 7.17. The van der Waals surface area contributed by atoms with Crippen LogP contribution in [0.5, 0.6) is 0 Å². The first kappa shape index (κ1) is 15.8. The molecule has 0 aromatic rings. The van der Waals surface area contributed by atoms with Gasteiger partial charge in [0.1, 0.15) is 0 Å². The van der Waals surface area contributed by atoms with E-state index in [1.165, 1.54) is 0 Å². The second kappa shape index (κ2) is 8.00. The third-order valence-electron chi connectivity index (χ3n) is 2.56. The summed E-state index contributed by atoms with van der Waals surface area (Å²) >= 11 is 1.78. The van der Waals surface area contributed by atoms with Crippen LogP contribution < -0.4 is 10.9 Å². The largest absolute Gasteiger partial charge is 0.239 e. The van der Waals surface area contributed by atoms with Crippen LogP contribution in [-0.2, 0) is 0 Å². The minimum absolute atomic E-state index is 0.162. The molecular formula is C16H22N2S. The van der Waals surface area contributed by atoms with Gasteiger partial charge in [-0.05, 0) is 25.0 Å². The van der Waals surface area contributed by atoms with E-state index in [9.17, 15) is 0 Å². The lowest BCUT2D eigenvalue weighted by atomic mass is 10.2. The molecule has 0 aromatic heterocycles. The zero-order chi connectivity index (χ0) is 14.3. The molecule has 1 saturated heterocycles.